The van der Waals surface area contributed by atoms with Crippen LogP contribution in [0.1, 0.15) is 88.2 Å². The van der Waals surface area contributed by atoms with Crippen LogP contribution in [0.25, 0.3) is 32.2 Å². The molecule has 2 fully saturated rings. The van der Waals surface area contributed by atoms with Crippen LogP contribution >= 0.6 is 11.3 Å². The summed E-state index contributed by atoms with van der Waals surface area (Å²) in [5.74, 6) is -0.475. The molecule has 3 aliphatic rings. The molecule has 0 aliphatic carbocycles. The molecule has 7 aromatic rings. The zero-order chi connectivity index (χ0) is 49.3. The van der Waals surface area contributed by atoms with E-state index in [4.69, 9.17) is 9.72 Å². The largest absolute Gasteiger partial charge is 0.493 e. The van der Waals surface area contributed by atoms with Crippen molar-refractivity contribution < 1.29 is 33.8 Å². The molecule has 3 aliphatic heterocycles. The number of aryl methyl sites for hydroxylation is 2. The lowest BCUT2D eigenvalue weighted by Gasteiger charge is -2.32. The average molecular weight is 974 g/mol. The minimum absolute atomic E-state index is 0.0432. The second-order valence-electron chi connectivity index (χ2n) is 19.1. The number of fused-ring (bicyclic) bond motifs is 3. The zero-order valence-electron chi connectivity index (χ0n) is 39.9. The first-order valence-corrected chi connectivity index (χ1v) is 25.0. The van der Waals surface area contributed by atoms with Crippen molar-refractivity contribution in [2.45, 2.75) is 64.8 Å². The summed E-state index contributed by atoms with van der Waals surface area (Å²) in [5, 5.41) is 24.8. The van der Waals surface area contributed by atoms with Gasteiger partial charge in [-0.3, -0.25) is 39.4 Å². The lowest BCUT2D eigenvalue weighted by Crippen LogP contribution is -2.39. The molecule has 0 radical (unpaired) electrons. The molecule has 16 nitrogen and oxygen atoms in total. The number of amides is 4. The van der Waals surface area contributed by atoms with E-state index in [9.17, 15) is 29.1 Å². The minimum atomic E-state index is -1.12. The Kier molecular flexibility index (Phi) is 13.3. The molecule has 71 heavy (non-hydrogen) atoms. The van der Waals surface area contributed by atoms with Crippen molar-refractivity contribution in [2.24, 2.45) is 18.9 Å². The van der Waals surface area contributed by atoms with E-state index in [0.29, 0.717) is 90.1 Å². The molecule has 4 amide bonds. The molecular weight excluding hydrogens is 919 g/mol. The summed E-state index contributed by atoms with van der Waals surface area (Å²) >= 11 is 1.43. The third kappa shape index (κ3) is 10.2. The van der Waals surface area contributed by atoms with Crippen LogP contribution in [0.15, 0.2) is 91.0 Å². The Labute approximate surface area is 414 Å². The van der Waals surface area contributed by atoms with Crippen molar-refractivity contribution in [3.8, 4) is 16.9 Å². The molecular formula is C54H55N9O7S. The highest BCUT2D eigenvalue weighted by Crippen LogP contribution is 2.35. The molecule has 0 bridgehead atoms. The Bertz CT molecular complexity index is 3200. The van der Waals surface area contributed by atoms with Gasteiger partial charge in [0.2, 0.25) is 17.7 Å². The standard InChI is InChI=1S/C54H55N9O7S/c1-31(25-33-19-22-62(23-20-33)29-48(65)55-35-11-13-40-44(27-35)61(3)60-49(40)41-16-18-47(64)58-52(41)67)30-70-36-12-14-37(32(2)26-36)38-15-17-46(57-50(38)53(68)69)63-24-21-34-7-6-8-39(42(34)28-63)51(66)59-54-56-43-9-4-5-10-45(43)71-54/h4-15,17,26-27,31,33,41H,16,18-25,28-30H2,1-3H3,(H,55,65)(H,68,69)(H,56,59,66)(H,58,64,67)/t31-,41?/m1/s1. The van der Waals surface area contributed by atoms with Gasteiger partial charge in [-0.25, -0.2) is 14.8 Å². The number of hydrogen-bond donors (Lipinski definition) is 4. The first-order chi connectivity index (χ1) is 34.3. The number of piperidine rings is 2. The van der Waals surface area contributed by atoms with Crippen molar-refractivity contribution in [3.05, 3.63) is 125 Å². The van der Waals surface area contributed by atoms with Gasteiger partial charge in [0.25, 0.3) is 5.91 Å². The smallest absolute Gasteiger partial charge is 0.355 e. The molecule has 4 N–H and O–H groups in total. The number of hydrogen-bond acceptors (Lipinski definition) is 12. The Morgan fingerprint density at radius 3 is 2.51 bits per heavy atom. The summed E-state index contributed by atoms with van der Waals surface area (Å²) in [5.41, 5.74) is 7.54. The number of thiazole rings is 1. The van der Waals surface area contributed by atoms with E-state index >= 15 is 0 Å². The topological polar surface area (TPSA) is 201 Å². The van der Waals surface area contributed by atoms with Crippen LogP contribution in [-0.4, -0.2) is 92.1 Å². The fourth-order valence-corrected chi connectivity index (χ4v) is 11.2. The van der Waals surface area contributed by atoms with Crippen molar-refractivity contribution in [3.63, 3.8) is 0 Å². The number of nitrogens with one attached hydrogen (secondary N) is 3. The normalized spacial score (nSPS) is 16.9. The lowest BCUT2D eigenvalue weighted by molar-refractivity contribution is -0.134. The average Bonchev–Trinajstić information content (AvgIpc) is 3.92. The summed E-state index contributed by atoms with van der Waals surface area (Å²) in [4.78, 5) is 77.2. The van der Waals surface area contributed by atoms with E-state index in [2.05, 4.69) is 37.9 Å². The highest BCUT2D eigenvalue weighted by atomic mass is 32.1. The maximum atomic E-state index is 13.6. The van der Waals surface area contributed by atoms with Crippen molar-refractivity contribution >= 4 is 78.7 Å². The lowest BCUT2D eigenvalue weighted by atomic mass is 9.88. The number of pyridine rings is 1. The Morgan fingerprint density at radius 1 is 0.901 bits per heavy atom. The molecule has 6 heterocycles. The number of carboxylic acids is 1. The molecule has 17 heteroatoms. The van der Waals surface area contributed by atoms with Gasteiger partial charge in [-0.15, -0.1) is 0 Å². The number of ether oxygens (including phenoxy) is 1. The van der Waals surface area contributed by atoms with Gasteiger partial charge in [-0.2, -0.15) is 5.10 Å². The van der Waals surface area contributed by atoms with Gasteiger partial charge in [0.1, 0.15) is 11.6 Å². The van der Waals surface area contributed by atoms with Crippen molar-refractivity contribution in [1.29, 1.82) is 0 Å². The van der Waals surface area contributed by atoms with Gasteiger partial charge in [-0.1, -0.05) is 48.6 Å². The molecule has 10 rings (SSSR count). The number of carbonyl (C=O) groups is 5. The second kappa shape index (κ2) is 20.1. The molecule has 364 valence electrons. The number of carboxylic acid groups (broad SMARTS) is 1. The number of rotatable bonds is 14. The number of benzene rings is 4. The summed E-state index contributed by atoms with van der Waals surface area (Å²) < 4.78 is 8.99. The molecule has 2 saturated heterocycles. The summed E-state index contributed by atoms with van der Waals surface area (Å²) in [6.07, 6.45) is 4.35. The molecule has 0 saturated carbocycles. The Morgan fingerprint density at radius 2 is 1.72 bits per heavy atom. The predicted octanol–water partition coefficient (Wildman–Crippen LogP) is 8.34. The number of imide groups is 1. The third-order valence-electron chi connectivity index (χ3n) is 14.0. The van der Waals surface area contributed by atoms with Gasteiger partial charge in [0.05, 0.1) is 40.5 Å². The quantitative estimate of drug-likeness (QED) is 0.0761. The van der Waals surface area contributed by atoms with Crippen LogP contribution in [0.5, 0.6) is 5.75 Å². The van der Waals surface area contributed by atoms with Crippen LogP contribution in [0, 0.1) is 18.8 Å². The summed E-state index contributed by atoms with van der Waals surface area (Å²) in [6.45, 7) is 7.65. The van der Waals surface area contributed by atoms with Crippen LogP contribution in [-0.2, 0) is 34.4 Å². The van der Waals surface area contributed by atoms with E-state index in [1.165, 1.54) is 11.3 Å². The SMILES string of the molecule is Cc1cc(OC[C@H](C)CC2CCN(CC(=O)Nc3ccc4c(C5CCC(=O)NC5=O)nn(C)c4c3)CC2)ccc1-c1ccc(N2CCc3cccc(C(=O)Nc4nc5ccccc5s4)c3C2)nc1C(=O)O. The van der Waals surface area contributed by atoms with E-state index in [1.54, 1.807) is 11.7 Å². The number of likely N-dealkylation sites (tertiary alicyclic amines) is 1. The highest BCUT2D eigenvalue weighted by Gasteiger charge is 2.32. The van der Waals surface area contributed by atoms with Gasteiger partial charge >= 0.3 is 5.97 Å². The summed E-state index contributed by atoms with van der Waals surface area (Å²) in [7, 11) is 1.81. The van der Waals surface area contributed by atoms with E-state index < -0.39 is 11.9 Å². The van der Waals surface area contributed by atoms with Gasteiger partial charge in [-0.05, 0) is 147 Å². The number of anilines is 3. The maximum Gasteiger partial charge on any atom is 0.355 e. The minimum Gasteiger partial charge on any atom is -0.493 e. The monoisotopic (exact) mass is 973 g/mol. The molecule has 1 unspecified atom stereocenters. The van der Waals surface area contributed by atoms with Crippen LogP contribution < -0.4 is 25.6 Å². The highest BCUT2D eigenvalue weighted by molar-refractivity contribution is 7.22. The van der Waals surface area contributed by atoms with Gasteiger partial charge in [0, 0.05) is 48.8 Å². The van der Waals surface area contributed by atoms with Gasteiger partial charge < -0.3 is 20.1 Å². The van der Waals surface area contributed by atoms with Gasteiger partial charge in [0.15, 0.2) is 10.8 Å². The number of nitrogens with zero attached hydrogens (tertiary/aromatic N) is 6. The van der Waals surface area contributed by atoms with E-state index in [-0.39, 0.29) is 35.7 Å². The van der Waals surface area contributed by atoms with Crippen LogP contribution in [0.3, 0.4) is 0 Å². The Balaban J connectivity index is 0.703. The summed E-state index contributed by atoms with van der Waals surface area (Å²) in [6, 6.07) is 28.5. The second-order valence-corrected chi connectivity index (χ2v) is 20.1. The predicted molar refractivity (Wildman–Crippen MR) is 273 cm³/mol. The number of para-hydroxylation sites is 1. The molecule has 4 aromatic carbocycles. The first-order valence-electron chi connectivity index (χ1n) is 24.2. The van der Waals surface area contributed by atoms with E-state index in [0.717, 1.165) is 75.7 Å². The zero-order valence-corrected chi connectivity index (χ0v) is 40.7. The maximum absolute atomic E-state index is 13.6. The van der Waals surface area contributed by atoms with E-state index in [1.807, 2.05) is 103 Å². The number of aromatic carboxylic acids is 1. The molecule has 0 spiro atoms. The molecule has 2 atom stereocenters. The Hall–Kier alpha value is -7.50. The fourth-order valence-electron chi connectivity index (χ4n) is 10.3. The van der Waals surface area contributed by atoms with Crippen molar-refractivity contribution in [2.75, 3.05) is 48.3 Å². The number of carbonyl (C=O) groups excluding carboxylic acids is 4. The third-order valence-corrected chi connectivity index (χ3v) is 15.0. The molecule has 3 aromatic heterocycles. The fraction of sp³-hybridized carbons (Fsp3) is 0.333. The van der Waals surface area contributed by atoms with Crippen molar-refractivity contribution in [1.82, 2.24) is 30.0 Å². The first kappa shape index (κ1) is 47.2. The van der Waals surface area contributed by atoms with Crippen LogP contribution in [0.4, 0.5) is 16.6 Å². The number of aromatic nitrogens is 4. The van der Waals surface area contributed by atoms with Crippen LogP contribution in [0.2, 0.25) is 0 Å².